The molecule has 21 heavy (non-hydrogen) atoms. The molecule has 0 saturated heterocycles. The average molecular weight is 417 g/mol. The highest BCUT2D eigenvalue weighted by Gasteiger charge is 2.19. The van der Waals surface area contributed by atoms with Crippen molar-refractivity contribution in [3.8, 4) is 11.8 Å². The van der Waals surface area contributed by atoms with Crippen LogP contribution in [0.1, 0.15) is 17.0 Å². The van der Waals surface area contributed by atoms with Crippen LogP contribution >= 0.6 is 11.6 Å². The summed E-state index contributed by atoms with van der Waals surface area (Å²) in [5.41, 5.74) is 3.33. The largest absolute Gasteiger partial charge is 1.00 e. The highest BCUT2D eigenvalue weighted by atomic mass is 127. The first-order valence-corrected chi connectivity index (χ1v) is 6.73. The molecule has 0 atom stereocenters. The number of benzene rings is 1. The van der Waals surface area contributed by atoms with Crippen LogP contribution in [0.3, 0.4) is 0 Å². The zero-order valence-electron chi connectivity index (χ0n) is 12.6. The van der Waals surface area contributed by atoms with Crippen molar-refractivity contribution in [2.75, 3.05) is 21.1 Å². The molecule has 1 aromatic carbocycles. The summed E-state index contributed by atoms with van der Waals surface area (Å²) < 4.78 is 2.75. The maximum atomic E-state index is 9.32. The van der Waals surface area contributed by atoms with Crippen LogP contribution in [0.5, 0.6) is 0 Å². The lowest BCUT2D eigenvalue weighted by Crippen LogP contribution is -3.00. The predicted octanol–water partition coefficient (Wildman–Crippen LogP) is -0.0840. The molecule has 0 N–H and O–H groups in total. The Morgan fingerprint density at radius 2 is 2.00 bits per heavy atom. The third-order valence-electron chi connectivity index (χ3n) is 3.06. The SMILES string of the molecule is Cc1ncn(-c2cccc(Cl)c2C#N)c1C[N+](C)(C)C.[I-]. The first kappa shape index (κ1) is 18.0. The molecule has 0 radical (unpaired) electrons. The quantitative estimate of drug-likeness (QED) is 0.519. The molecule has 0 amide bonds. The Hall–Kier alpha value is -1.10. The van der Waals surface area contributed by atoms with Gasteiger partial charge in [-0.05, 0) is 19.1 Å². The van der Waals surface area contributed by atoms with Gasteiger partial charge in [-0.25, -0.2) is 4.98 Å². The molecule has 4 nitrogen and oxygen atoms in total. The predicted molar refractivity (Wildman–Crippen MR) is 79.8 cm³/mol. The highest BCUT2D eigenvalue weighted by Crippen LogP contribution is 2.25. The number of nitriles is 1. The van der Waals surface area contributed by atoms with Crippen LogP contribution in [0.15, 0.2) is 24.5 Å². The van der Waals surface area contributed by atoms with E-state index in [1.807, 2.05) is 23.6 Å². The van der Waals surface area contributed by atoms with Crippen molar-refractivity contribution in [3.05, 3.63) is 46.5 Å². The smallest absolute Gasteiger partial charge is 0.121 e. The molecule has 0 aliphatic carbocycles. The Balaban J connectivity index is 0.00000220. The number of quaternary nitrogens is 1. The highest BCUT2D eigenvalue weighted by molar-refractivity contribution is 6.32. The van der Waals surface area contributed by atoms with E-state index in [4.69, 9.17) is 11.6 Å². The third kappa shape index (κ3) is 3.96. The van der Waals surface area contributed by atoms with Crippen molar-refractivity contribution in [1.29, 1.82) is 5.26 Å². The minimum Gasteiger partial charge on any atom is -1.00 e. The molecule has 2 aromatic rings. The third-order valence-corrected chi connectivity index (χ3v) is 3.38. The second-order valence-corrected chi connectivity index (χ2v) is 6.25. The summed E-state index contributed by atoms with van der Waals surface area (Å²) in [5.74, 6) is 0. The number of aromatic nitrogens is 2. The summed E-state index contributed by atoms with van der Waals surface area (Å²) in [6, 6.07) is 7.65. The van der Waals surface area contributed by atoms with Crippen molar-refractivity contribution in [3.63, 3.8) is 0 Å². The van der Waals surface area contributed by atoms with Gasteiger partial charge in [0.05, 0.1) is 49.4 Å². The molecular formula is C15H18ClIN4. The Bertz CT molecular complexity index is 680. The zero-order valence-corrected chi connectivity index (χ0v) is 15.5. The number of imidazole rings is 1. The molecule has 6 heteroatoms. The van der Waals surface area contributed by atoms with E-state index in [1.165, 1.54) is 0 Å². The molecule has 0 aliphatic rings. The lowest BCUT2D eigenvalue weighted by Gasteiger charge is -2.25. The fourth-order valence-electron chi connectivity index (χ4n) is 2.13. The van der Waals surface area contributed by atoms with Gasteiger partial charge >= 0.3 is 0 Å². The Morgan fingerprint density at radius 3 is 2.57 bits per heavy atom. The van der Waals surface area contributed by atoms with Gasteiger partial charge in [0.15, 0.2) is 0 Å². The molecule has 1 aromatic heterocycles. The maximum Gasteiger partial charge on any atom is 0.121 e. The van der Waals surface area contributed by atoms with E-state index < -0.39 is 0 Å². The van der Waals surface area contributed by atoms with Gasteiger partial charge in [0, 0.05) is 0 Å². The summed E-state index contributed by atoms with van der Waals surface area (Å²) in [6.45, 7) is 2.81. The standard InChI is InChI=1S/C15H18ClN4.HI/c1-11-15(9-20(2,3)4)19(10-18-11)14-7-5-6-13(16)12(14)8-17;/h5-7,10H,9H2,1-4H3;1H/q+1;/p-1. The zero-order chi connectivity index (χ0) is 14.9. The Kier molecular flexibility index (Phi) is 5.79. The summed E-state index contributed by atoms with van der Waals surface area (Å²) in [7, 11) is 6.37. The first-order valence-electron chi connectivity index (χ1n) is 6.36. The monoisotopic (exact) mass is 416 g/mol. The van der Waals surface area contributed by atoms with Crippen LogP contribution < -0.4 is 24.0 Å². The second-order valence-electron chi connectivity index (χ2n) is 5.84. The van der Waals surface area contributed by atoms with Crippen molar-refractivity contribution in [1.82, 2.24) is 9.55 Å². The van der Waals surface area contributed by atoms with Gasteiger partial charge in [0.25, 0.3) is 0 Å². The van der Waals surface area contributed by atoms with Gasteiger partial charge < -0.3 is 28.5 Å². The number of nitrogens with zero attached hydrogens (tertiary/aromatic N) is 4. The molecule has 0 saturated carbocycles. The lowest BCUT2D eigenvalue weighted by molar-refractivity contribution is -0.884. The fourth-order valence-corrected chi connectivity index (χ4v) is 2.35. The molecule has 0 aliphatic heterocycles. The van der Waals surface area contributed by atoms with Gasteiger partial charge in [-0.1, -0.05) is 17.7 Å². The van der Waals surface area contributed by atoms with Gasteiger partial charge in [-0.15, -0.1) is 0 Å². The first-order chi connectivity index (χ1) is 9.33. The Labute approximate surface area is 147 Å². The topological polar surface area (TPSA) is 41.6 Å². The number of hydrogen-bond donors (Lipinski definition) is 0. The van der Waals surface area contributed by atoms with Crippen LogP contribution in [0.25, 0.3) is 5.69 Å². The molecular weight excluding hydrogens is 399 g/mol. The van der Waals surface area contributed by atoms with Crippen LogP contribution in [0.2, 0.25) is 5.02 Å². The van der Waals surface area contributed by atoms with Crippen LogP contribution in [0.4, 0.5) is 0 Å². The molecule has 112 valence electrons. The second kappa shape index (κ2) is 6.77. The van der Waals surface area contributed by atoms with E-state index in [-0.39, 0.29) is 24.0 Å². The number of rotatable bonds is 3. The molecule has 0 spiro atoms. The van der Waals surface area contributed by atoms with E-state index in [1.54, 1.807) is 12.4 Å². The minimum absolute atomic E-state index is 0. The summed E-state index contributed by atoms with van der Waals surface area (Å²) in [5, 5.41) is 9.78. The molecule has 2 rings (SSSR count). The van der Waals surface area contributed by atoms with Crippen molar-refractivity contribution in [2.45, 2.75) is 13.5 Å². The van der Waals surface area contributed by atoms with E-state index in [2.05, 4.69) is 32.2 Å². The number of hydrogen-bond acceptors (Lipinski definition) is 2. The molecule has 1 heterocycles. The van der Waals surface area contributed by atoms with E-state index in [0.717, 1.165) is 28.1 Å². The summed E-state index contributed by atoms with van der Waals surface area (Å²) in [6.07, 6.45) is 1.76. The van der Waals surface area contributed by atoms with Crippen molar-refractivity contribution < 1.29 is 28.5 Å². The number of halogens is 2. The molecule has 0 fully saturated rings. The van der Waals surface area contributed by atoms with E-state index in [0.29, 0.717) is 10.6 Å². The maximum absolute atomic E-state index is 9.32. The van der Waals surface area contributed by atoms with E-state index in [9.17, 15) is 5.26 Å². The molecule has 0 bridgehead atoms. The Morgan fingerprint density at radius 1 is 1.33 bits per heavy atom. The van der Waals surface area contributed by atoms with Crippen LogP contribution in [-0.2, 0) is 6.54 Å². The van der Waals surface area contributed by atoms with Gasteiger partial charge in [-0.2, -0.15) is 5.26 Å². The number of aryl methyl sites for hydroxylation is 1. The fraction of sp³-hybridized carbons (Fsp3) is 0.333. The molecule has 0 unspecified atom stereocenters. The van der Waals surface area contributed by atoms with Crippen molar-refractivity contribution in [2.24, 2.45) is 0 Å². The van der Waals surface area contributed by atoms with Crippen LogP contribution in [-0.4, -0.2) is 35.2 Å². The van der Waals surface area contributed by atoms with Crippen molar-refractivity contribution >= 4 is 11.6 Å². The summed E-state index contributed by atoms with van der Waals surface area (Å²) in [4.78, 5) is 4.38. The summed E-state index contributed by atoms with van der Waals surface area (Å²) >= 11 is 6.11. The van der Waals surface area contributed by atoms with Gasteiger partial charge in [0.1, 0.15) is 18.3 Å². The normalized spacial score (nSPS) is 10.9. The van der Waals surface area contributed by atoms with Gasteiger partial charge in [-0.3, -0.25) is 4.57 Å². The lowest BCUT2D eigenvalue weighted by atomic mass is 10.2. The van der Waals surface area contributed by atoms with Crippen LogP contribution in [0, 0.1) is 18.3 Å². The average Bonchev–Trinajstić information content (AvgIpc) is 2.69. The van der Waals surface area contributed by atoms with Gasteiger partial charge in [0.2, 0.25) is 0 Å². The minimum atomic E-state index is 0. The van der Waals surface area contributed by atoms with E-state index >= 15 is 0 Å².